The number of halogens is 1. The highest BCUT2D eigenvalue weighted by Gasteiger charge is 2.18. The molecule has 0 unspecified atom stereocenters. The molecular formula is C13H14ClNO3. The second-order valence-electron chi connectivity index (χ2n) is 3.93. The Balaban J connectivity index is 3.20. The van der Waals surface area contributed by atoms with Crippen LogP contribution in [0.15, 0.2) is 24.3 Å². The average Bonchev–Trinajstić information content (AvgIpc) is 2.28. The predicted octanol–water partition coefficient (Wildman–Crippen LogP) is 3.79. The number of hydrogen-bond acceptors (Lipinski definition) is 3. The van der Waals surface area contributed by atoms with Gasteiger partial charge in [0.15, 0.2) is 0 Å². The molecule has 0 amide bonds. The van der Waals surface area contributed by atoms with E-state index in [9.17, 15) is 14.9 Å². The number of rotatable bonds is 5. The van der Waals surface area contributed by atoms with Gasteiger partial charge in [0.2, 0.25) is 0 Å². The van der Waals surface area contributed by atoms with Crippen LogP contribution < -0.4 is 0 Å². The SMILES string of the molecule is CC=CCCc1cc(C)c(C(=O)Cl)cc1[N+](=O)[O-]. The van der Waals surface area contributed by atoms with Gasteiger partial charge >= 0.3 is 0 Å². The molecule has 1 aromatic carbocycles. The molecule has 0 aliphatic rings. The van der Waals surface area contributed by atoms with Gasteiger partial charge in [-0.05, 0) is 49.9 Å². The highest BCUT2D eigenvalue weighted by atomic mass is 35.5. The van der Waals surface area contributed by atoms with E-state index in [0.717, 1.165) is 6.42 Å². The molecule has 0 aliphatic carbocycles. The van der Waals surface area contributed by atoms with Crippen molar-refractivity contribution in [2.75, 3.05) is 0 Å². The summed E-state index contributed by atoms with van der Waals surface area (Å²) in [4.78, 5) is 21.6. The van der Waals surface area contributed by atoms with Crippen molar-refractivity contribution in [2.45, 2.75) is 26.7 Å². The van der Waals surface area contributed by atoms with E-state index in [0.29, 0.717) is 17.5 Å². The standard InChI is InChI=1S/C13H14ClNO3/c1-3-4-5-6-10-7-9(2)11(13(14)16)8-12(10)15(17)18/h3-4,7-8H,5-6H2,1-2H3. The van der Waals surface area contributed by atoms with Crippen LogP contribution in [0.2, 0.25) is 0 Å². The zero-order chi connectivity index (χ0) is 13.7. The predicted molar refractivity (Wildman–Crippen MR) is 71.2 cm³/mol. The largest absolute Gasteiger partial charge is 0.276 e. The minimum absolute atomic E-state index is 0.0471. The summed E-state index contributed by atoms with van der Waals surface area (Å²) in [6.07, 6.45) is 5.14. The topological polar surface area (TPSA) is 60.2 Å². The summed E-state index contributed by atoms with van der Waals surface area (Å²) in [6.45, 7) is 3.62. The minimum atomic E-state index is -0.671. The van der Waals surface area contributed by atoms with Gasteiger partial charge in [-0.15, -0.1) is 0 Å². The Kier molecular flexibility index (Phi) is 5.04. The third-order valence-corrected chi connectivity index (χ3v) is 2.85. The Morgan fingerprint density at radius 3 is 2.67 bits per heavy atom. The lowest BCUT2D eigenvalue weighted by molar-refractivity contribution is -0.385. The molecule has 0 radical (unpaired) electrons. The zero-order valence-corrected chi connectivity index (χ0v) is 11.0. The summed E-state index contributed by atoms with van der Waals surface area (Å²) in [7, 11) is 0. The molecule has 0 spiro atoms. The summed E-state index contributed by atoms with van der Waals surface area (Å²) in [6, 6.07) is 2.92. The molecule has 0 aromatic heterocycles. The van der Waals surface area contributed by atoms with Gasteiger partial charge in [0.05, 0.1) is 4.92 Å². The van der Waals surface area contributed by atoms with Gasteiger partial charge in [0.25, 0.3) is 10.9 Å². The number of benzene rings is 1. The van der Waals surface area contributed by atoms with Gasteiger partial charge in [-0.25, -0.2) is 0 Å². The fourth-order valence-corrected chi connectivity index (χ4v) is 1.95. The van der Waals surface area contributed by atoms with Crippen LogP contribution >= 0.6 is 11.6 Å². The third-order valence-electron chi connectivity index (χ3n) is 2.65. The summed E-state index contributed by atoms with van der Waals surface area (Å²) >= 11 is 5.39. The normalized spacial score (nSPS) is 10.8. The van der Waals surface area contributed by atoms with Crippen molar-refractivity contribution in [3.63, 3.8) is 0 Å². The van der Waals surface area contributed by atoms with Crippen molar-refractivity contribution in [1.29, 1.82) is 0 Å². The highest BCUT2D eigenvalue weighted by molar-refractivity contribution is 6.68. The van der Waals surface area contributed by atoms with Gasteiger partial charge in [0, 0.05) is 17.2 Å². The first-order chi connectivity index (χ1) is 8.47. The summed E-state index contributed by atoms with van der Waals surface area (Å²) in [5, 5.41) is 10.3. The molecule has 0 saturated heterocycles. The number of nitro benzene ring substituents is 1. The van der Waals surface area contributed by atoms with Crippen LogP contribution in [-0.4, -0.2) is 10.2 Å². The second-order valence-corrected chi connectivity index (χ2v) is 4.28. The molecular weight excluding hydrogens is 254 g/mol. The van der Waals surface area contributed by atoms with Crippen molar-refractivity contribution in [2.24, 2.45) is 0 Å². The summed E-state index contributed by atoms with van der Waals surface area (Å²) in [5.74, 6) is 0. The van der Waals surface area contributed by atoms with Crippen molar-refractivity contribution in [1.82, 2.24) is 0 Å². The van der Waals surface area contributed by atoms with Crippen LogP contribution in [0.4, 0.5) is 5.69 Å². The molecule has 0 heterocycles. The van der Waals surface area contributed by atoms with Crippen LogP contribution in [0, 0.1) is 17.0 Å². The molecule has 0 aliphatic heterocycles. The van der Waals surface area contributed by atoms with Gasteiger partial charge in [-0.1, -0.05) is 12.2 Å². The van der Waals surface area contributed by atoms with E-state index in [2.05, 4.69) is 0 Å². The number of aryl methyl sites for hydroxylation is 2. The summed E-state index contributed by atoms with van der Waals surface area (Å²) in [5.41, 5.74) is 1.43. The number of nitro groups is 1. The lowest BCUT2D eigenvalue weighted by Gasteiger charge is -2.06. The molecule has 0 N–H and O–H groups in total. The second kappa shape index (κ2) is 6.31. The lowest BCUT2D eigenvalue weighted by Crippen LogP contribution is -2.01. The monoisotopic (exact) mass is 267 g/mol. The molecule has 4 nitrogen and oxygen atoms in total. The molecule has 18 heavy (non-hydrogen) atoms. The smallest absolute Gasteiger partial charge is 0.273 e. The maximum absolute atomic E-state index is 11.1. The molecule has 96 valence electrons. The first kappa shape index (κ1) is 14.4. The third kappa shape index (κ3) is 3.40. The van der Waals surface area contributed by atoms with Gasteiger partial charge < -0.3 is 0 Å². The fourth-order valence-electron chi connectivity index (χ4n) is 1.74. The molecule has 1 aromatic rings. The minimum Gasteiger partial charge on any atom is -0.276 e. The van der Waals surface area contributed by atoms with Crippen LogP contribution in [-0.2, 0) is 6.42 Å². The van der Waals surface area contributed by atoms with E-state index in [4.69, 9.17) is 11.6 Å². The van der Waals surface area contributed by atoms with Crippen LogP contribution in [0.1, 0.15) is 34.8 Å². The van der Waals surface area contributed by atoms with Gasteiger partial charge in [-0.2, -0.15) is 0 Å². The highest BCUT2D eigenvalue weighted by Crippen LogP contribution is 2.25. The Morgan fingerprint density at radius 1 is 1.50 bits per heavy atom. The van der Waals surface area contributed by atoms with Crippen molar-refractivity contribution in [3.8, 4) is 0 Å². The van der Waals surface area contributed by atoms with E-state index >= 15 is 0 Å². The van der Waals surface area contributed by atoms with Crippen LogP contribution in [0.3, 0.4) is 0 Å². The molecule has 5 heteroatoms. The lowest BCUT2D eigenvalue weighted by atomic mass is 10.0. The molecule has 0 bridgehead atoms. The molecule has 0 saturated carbocycles. The zero-order valence-electron chi connectivity index (χ0n) is 10.3. The van der Waals surface area contributed by atoms with Crippen molar-refractivity contribution >= 4 is 22.5 Å². The maximum Gasteiger partial charge on any atom is 0.273 e. The Morgan fingerprint density at radius 2 is 2.17 bits per heavy atom. The van der Waals surface area contributed by atoms with Crippen molar-refractivity contribution in [3.05, 3.63) is 51.1 Å². The van der Waals surface area contributed by atoms with Crippen LogP contribution in [0.25, 0.3) is 0 Å². The summed E-state index contributed by atoms with van der Waals surface area (Å²) < 4.78 is 0. The van der Waals surface area contributed by atoms with Gasteiger partial charge in [0.1, 0.15) is 0 Å². The Labute approximate surface area is 110 Å². The van der Waals surface area contributed by atoms with Crippen molar-refractivity contribution < 1.29 is 9.72 Å². The average molecular weight is 268 g/mol. The van der Waals surface area contributed by atoms with E-state index in [1.165, 1.54) is 6.07 Å². The number of allylic oxidation sites excluding steroid dienone is 2. The Hall–Kier alpha value is -1.68. The number of carbonyl (C=O) groups is 1. The molecule has 1 rings (SSSR count). The van der Waals surface area contributed by atoms with E-state index < -0.39 is 10.2 Å². The van der Waals surface area contributed by atoms with E-state index in [1.54, 1.807) is 13.0 Å². The number of carbonyl (C=O) groups excluding carboxylic acids is 1. The maximum atomic E-state index is 11.1. The quantitative estimate of drug-likeness (QED) is 0.353. The number of hydrogen-bond donors (Lipinski definition) is 0. The van der Waals surface area contributed by atoms with E-state index in [-0.39, 0.29) is 11.3 Å². The number of nitrogens with zero attached hydrogens (tertiary/aromatic N) is 1. The fraction of sp³-hybridized carbons (Fsp3) is 0.308. The molecule has 0 fully saturated rings. The first-order valence-corrected chi connectivity index (χ1v) is 5.94. The van der Waals surface area contributed by atoms with Gasteiger partial charge in [-0.3, -0.25) is 14.9 Å². The first-order valence-electron chi connectivity index (χ1n) is 5.56. The van der Waals surface area contributed by atoms with Crippen LogP contribution in [0.5, 0.6) is 0 Å². The Bertz CT molecular complexity index is 509. The van der Waals surface area contributed by atoms with E-state index in [1.807, 2.05) is 19.1 Å². The molecule has 0 atom stereocenters.